The summed E-state index contributed by atoms with van der Waals surface area (Å²) in [5, 5.41) is 0. The topological polar surface area (TPSA) is 32.5 Å². The van der Waals surface area contributed by atoms with E-state index in [9.17, 15) is 0 Å². The molecule has 3 nitrogen and oxygen atoms in total. The maximum atomic E-state index is 5.73. The van der Waals surface area contributed by atoms with Gasteiger partial charge in [0.25, 0.3) is 0 Å². The van der Waals surface area contributed by atoms with Crippen LogP contribution in [-0.4, -0.2) is 26.7 Å². The molecule has 1 aliphatic heterocycles. The second-order valence-electron chi connectivity index (χ2n) is 5.39. The van der Waals surface area contributed by atoms with E-state index in [1.165, 1.54) is 16.9 Å². The Labute approximate surface area is 120 Å². The van der Waals surface area contributed by atoms with E-state index in [2.05, 4.69) is 53.2 Å². The van der Waals surface area contributed by atoms with Gasteiger partial charge in [-0.2, -0.15) is 0 Å². The maximum Gasteiger partial charge on any atom is 0.0604 e. The Balaban J connectivity index is 1.72. The van der Waals surface area contributed by atoms with E-state index >= 15 is 0 Å². The van der Waals surface area contributed by atoms with Crippen LogP contribution in [-0.2, 0) is 6.42 Å². The zero-order valence-electron chi connectivity index (χ0n) is 11.9. The summed E-state index contributed by atoms with van der Waals surface area (Å²) in [6.07, 6.45) is 1.05. The van der Waals surface area contributed by atoms with Crippen molar-refractivity contribution in [2.75, 3.05) is 42.2 Å². The number of likely N-dealkylation sites (N-methyl/N-ethyl adjacent to an activating group) is 1. The molecule has 0 saturated carbocycles. The molecular weight excluding hydrogens is 246 g/mol. The van der Waals surface area contributed by atoms with Gasteiger partial charge in [0.05, 0.1) is 11.4 Å². The zero-order chi connectivity index (χ0) is 13.9. The number of nitrogens with zero attached hydrogens (tertiary/aromatic N) is 2. The number of hydrogen-bond acceptors (Lipinski definition) is 3. The number of anilines is 3. The van der Waals surface area contributed by atoms with Crippen LogP contribution in [0.4, 0.5) is 17.1 Å². The van der Waals surface area contributed by atoms with E-state index in [4.69, 9.17) is 5.73 Å². The highest BCUT2D eigenvalue weighted by Gasteiger charge is 2.19. The first-order valence-corrected chi connectivity index (χ1v) is 7.13. The van der Waals surface area contributed by atoms with E-state index < -0.39 is 0 Å². The third-order valence-electron chi connectivity index (χ3n) is 3.99. The van der Waals surface area contributed by atoms with Crippen molar-refractivity contribution in [3.8, 4) is 0 Å². The molecule has 1 heterocycles. The second-order valence-corrected chi connectivity index (χ2v) is 5.39. The smallest absolute Gasteiger partial charge is 0.0604 e. The molecule has 104 valence electrons. The van der Waals surface area contributed by atoms with Crippen LogP contribution in [0.3, 0.4) is 0 Å². The van der Waals surface area contributed by atoms with Gasteiger partial charge in [-0.15, -0.1) is 0 Å². The van der Waals surface area contributed by atoms with Gasteiger partial charge in [-0.3, -0.25) is 0 Å². The van der Waals surface area contributed by atoms with Gasteiger partial charge in [0.15, 0.2) is 0 Å². The third-order valence-corrected chi connectivity index (χ3v) is 3.99. The fraction of sp³-hybridized carbons (Fsp3) is 0.294. The van der Waals surface area contributed by atoms with Gasteiger partial charge in [0.1, 0.15) is 0 Å². The van der Waals surface area contributed by atoms with Gasteiger partial charge in [-0.1, -0.05) is 24.3 Å². The van der Waals surface area contributed by atoms with Gasteiger partial charge in [0, 0.05) is 32.4 Å². The molecule has 3 rings (SSSR count). The molecule has 0 fully saturated rings. The van der Waals surface area contributed by atoms with Crippen LogP contribution in [0.1, 0.15) is 5.56 Å². The van der Waals surface area contributed by atoms with Crippen LogP contribution in [0.25, 0.3) is 0 Å². The van der Waals surface area contributed by atoms with Crippen molar-refractivity contribution in [1.29, 1.82) is 0 Å². The number of fused-ring (bicyclic) bond motifs is 1. The van der Waals surface area contributed by atoms with Crippen molar-refractivity contribution >= 4 is 17.1 Å². The minimum atomic E-state index is 0.832. The number of rotatable bonds is 3. The Morgan fingerprint density at radius 3 is 2.40 bits per heavy atom. The van der Waals surface area contributed by atoms with Crippen molar-refractivity contribution in [1.82, 2.24) is 0 Å². The summed E-state index contributed by atoms with van der Waals surface area (Å²) < 4.78 is 0. The van der Waals surface area contributed by atoms with Crippen LogP contribution in [0.5, 0.6) is 0 Å². The number of para-hydroxylation sites is 2. The molecule has 3 heteroatoms. The van der Waals surface area contributed by atoms with Gasteiger partial charge in [-0.05, 0) is 36.2 Å². The predicted molar refractivity (Wildman–Crippen MR) is 86.5 cm³/mol. The van der Waals surface area contributed by atoms with Crippen LogP contribution >= 0.6 is 0 Å². The fourth-order valence-electron chi connectivity index (χ4n) is 2.75. The molecule has 0 amide bonds. The zero-order valence-corrected chi connectivity index (χ0v) is 11.9. The third kappa shape index (κ3) is 2.57. The van der Waals surface area contributed by atoms with Crippen LogP contribution in [0.15, 0.2) is 48.5 Å². The molecule has 0 unspecified atom stereocenters. The molecule has 0 radical (unpaired) electrons. The molecule has 0 saturated heterocycles. The minimum Gasteiger partial charge on any atom is -0.399 e. The summed E-state index contributed by atoms with van der Waals surface area (Å²) in [5.74, 6) is 0. The fourth-order valence-corrected chi connectivity index (χ4v) is 2.75. The number of nitrogens with two attached hydrogens (primary N) is 1. The lowest BCUT2D eigenvalue weighted by molar-refractivity contribution is 0.728. The summed E-state index contributed by atoms with van der Waals surface area (Å²) >= 11 is 0. The SMILES string of the molecule is CN1CCN(CCc2ccc(N)cc2)c2ccccc21. The normalized spacial score (nSPS) is 14.2. The van der Waals surface area contributed by atoms with Gasteiger partial charge >= 0.3 is 0 Å². The molecule has 0 atom stereocenters. The van der Waals surface area contributed by atoms with Crippen molar-refractivity contribution in [3.05, 3.63) is 54.1 Å². The number of hydrogen-bond donors (Lipinski definition) is 1. The van der Waals surface area contributed by atoms with Crippen LogP contribution in [0, 0.1) is 0 Å². The summed E-state index contributed by atoms with van der Waals surface area (Å²) in [7, 11) is 2.16. The quantitative estimate of drug-likeness (QED) is 0.868. The lowest BCUT2D eigenvalue weighted by Gasteiger charge is -2.37. The number of benzene rings is 2. The first-order valence-electron chi connectivity index (χ1n) is 7.13. The van der Waals surface area contributed by atoms with E-state index in [1.807, 2.05) is 12.1 Å². The predicted octanol–water partition coefficient (Wildman–Crippen LogP) is 2.77. The molecule has 2 aromatic rings. The number of nitrogen functional groups attached to an aromatic ring is 1. The molecular formula is C17H21N3. The van der Waals surface area contributed by atoms with E-state index in [0.29, 0.717) is 0 Å². The lowest BCUT2D eigenvalue weighted by Crippen LogP contribution is -2.40. The van der Waals surface area contributed by atoms with Gasteiger partial charge in [0.2, 0.25) is 0 Å². The van der Waals surface area contributed by atoms with E-state index in [0.717, 1.165) is 31.7 Å². The monoisotopic (exact) mass is 267 g/mol. The largest absolute Gasteiger partial charge is 0.399 e. The highest BCUT2D eigenvalue weighted by Crippen LogP contribution is 2.31. The summed E-state index contributed by atoms with van der Waals surface area (Å²) in [5.41, 5.74) is 10.6. The first-order chi connectivity index (χ1) is 9.74. The van der Waals surface area contributed by atoms with Crippen molar-refractivity contribution in [2.24, 2.45) is 0 Å². The Kier molecular flexibility index (Phi) is 3.50. The molecule has 0 aromatic heterocycles. The van der Waals surface area contributed by atoms with E-state index in [-0.39, 0.29) is 0 Å². The minimum absolute atomic E-state index is 0.832. The molecule has 0 aliphatic carbocycles. The molecule has 2 N–H and O–H groups in total. The standard InChI is InChI=1S/C17H21N3/c1-19-12-13-20(17-5-3-2-4-16(17)19)11-10-14-6-8-15(18)9-7-14/h2-9H,10-13,18H2,1H3. The van der Waals surface area contributed by atoms with Gasteiger partial charge in [-0.25, -0.2) is 0 Å². The summed E-state index contributed by atoms with van der Waals surface area (Å²) in [6.45, 7) is 3.22. The molecule has 1 aliphatic rings. The van der Waals surface area contributed by atoms with Gasteiger partial charge < -0.3 is 15.5 Å². The Morgan fingerprint density at radius 2 is 1.65 bits per heavy atom. The van der Waals surface area contributed by atoms with Crippen molar-refractivity contribution < 1.29 is 0 Å². The Bertz CT molecular complexity index is 577. The lowest BCUT2D eigenvalue weighted by atomic mass is 10.1. The maximum absolute atomic E-state index is 5.73. The summed E-state index contributed by atoms with van der Waals surface area (Å²) in [6, 6.07) is 16.8. The van der Waals surface area contributed by atoms with Crippen molar-refractivity contribution in [2.45, 2.75) is 6.42 Å². The first kappa shape index (κ1) is 12.9. The Morgan fingerprint density at radius 1 is 0.950 bits per heavy atom. The molecule has 20 heavy (non-hydrogen) atoms. The second kappa shape index (κ2) is 5.45. The Hall–Kier alpha value is -2.16. The highest BCUT2D eigenvalue weighted by atomic mass is 15.2. The molecule has 0 bridgehead atoms. The average Bonchev–Trinajstić information content (AvgIpc) is 2.49. The van der Waals surface area contributed by atoms with Crippen molar-refractivity contribution in [3.63, 3.8) is 0 Å². The average molecular weight is 267 g/mol. The summed E-state index contributed by atoms with van der Waals surface area (Å²) in [4.78, 5) is 4.81. The van der Waals surface area contributed by atoms with Crippen LogP contribution in [0.2, 0.25) is 0 Å². The molecule has 0 spiro atoms. The molecule has 2 aromatic carbocycles. The van der Waals surface area contributed by atoms with Crippen LogP contribution < -0.4 is 15.5 Å². The highest BCUT2D eigenvalue weighted by molar-refractivity contribution is 5.73. The van der Waals surface area contributed by atoms with E-state index in [1.54, 1.807) is 0 Å².